The van der Waals surface area contributed by atoms with E-state index in [0.29, 0.717) is 37.6 Å². The van der Waals surface area contributed by atoms with Gasteiger partial charge in [-0.1, -0.05) is 36.4 Å². The van der Waals surface area contributed by atoms with Gasteiger partial charge in [-0.05, 0) is 30.7 Å². The van der Waals surface area contributed by atoms with Crippen LogP contribution in [-0.4, -0.2) is 73.0 Å². The Morgan fingerprint density at radius 2 is 1.71 bits per heavy atom. The Morgan fingerprint density at radius 3 is 2.42 bits per heavy atom. The minimum atomic E-state index is -0.805. The number of amides is 3. The molecule has 0 N–H and O–H groups in total. The van der Waals surface area contributed by atoms with Gasteiger partial charge in [0.25, 0.3) is 11.8 Å². The van der Waals surface area contributed by atoms with E-state index in [1.165, 1.54) is 4.90 Å². The highest BCUT2D eigenvalue weighted by Gasteiger charge is 2.44. The number of aryl methyl sites for hydroxylation is 1. The molecule has 2 aliphatic rings. The third kappa shape index (κ3) is 4.52. The largest absolute Gasteiger partial charge is 0.379 e. The Balaban J connectivity index is 1.60. The number of hydrogen-bond acceptors (Lipinski definition) is 5. The second-order valence-corrected chi connectivity index (χ2v) is 7.89. The summed E-state index contributed by atoms with van der Waals surface area (Å²) in [5, 5.41) is 0. The maximum Gasteiger partial charge on any atom is 0.257 e. The molecule has 0 aliphatic carbocycles. The van der Waals surface area contributed by atoms with Gasteiger partial charge in [-0.2, -0.15) is 0 Å². The van der Waals surface area contributed by atoms with Gasteiger partial charge in [0, 0.05) is 31.7 Å². The first-order valence-electron chi connectivity index (χ1n) is 10.6. The number of carbonyl (C=O) groups is 3. The summed E-state index contributed by atoms with van der Waals surface area (Å²) < 4.78 is 5.41. The summed E-state index contributed by atoms with van der Waals surface area (Å²) in [6.07, 6.45) is -0.00550. The number of carbonyl (C=O) groups excluding carboxylic acids is 3. The molecule has 7 heteroatoms. The number of morpholine rings is 1. The Labute approximate surface area is 182 Å². The van der Waals surface area contributed by atoms with Crippen LogP contribution in [0.2, 0.25) is 0 Å². The summed E-state index contributed by atoms with van der Waals surface area (Å²) in [4.78, 5) is 44.6. The lowest BCUT2D eigenvalue weighted by Crippen LogP contribution is -2.49. The lowest BCUT2D eigenvalue weighted by molar-refractivity contribution is -0.122. The fourth-order valence-corrected chi connectivity index (χ4v) is 4.15. The standard InChI is InChI=1S/C24H27N3O4/c1-18-7-5-6-10-20(18)23(29)26(12-11-25-13-15-31-16-14-25)21-17-22(28)27(24(21)30)19-8-3-2-4-9-19/h2-10,21H,11-17H2,1H3. The van der Waals surface area contributed by atoms with Gasteiger partial charge in [-0.15, -0.1) is 0 Å². The Bertz CT molecular complexity index is 956. The molecule has 0 saturated carbocycles. The maximum atomic E-state index is 13.5. The lowest BCUT2D eigenvalue weighted by atomic mass is 10.1. The van der Waals surface area contributed by atoms with E-state index in [1.54, 1.807) is 35.2 Å². The topological polar surface area (TPSA) is 70.2 Å². The minimum Gasteiger partial charge on any atom is -0.379 e. The summed E-state index contributed by atoms with van der Waals surface area (Å²) in [6.45, 7) is 5.79. The minimum absolute atomic E-state index is 0.00550. The zero-order chi connectivity index (χ0) is 21.8. The molecule has 2 saturated heterocycles. The van der Waals surface area contributed by atoms with Crippen LogP contribution in [0.3, 0.4) is 0 Å². The number of hydrogen-bond donors (Lipinski definition) is 0. The number of ether oxygens (including phenoxy) is 1. The molecule has 1 unspecified atom stereocenters. The number of para-hydroxylation sites is 1. The van der Waals surface area contributed by atoms with Gasteiger partial charge in [-0.25, -0.2) is 4.90 Å². The van der Waals surface area contributed by atoms with Crippen molar-refractivity contribution in [2.45, 2.75) is 19.4 Å². The van der Waals surface area contributed by atoms with E-state index in [1.807, 2.05) is 31.2 Å². The molecule has 3 amide bonds. The zero-order valence-electron chi connectivity index (χ0n) is 17.7. The van der Waals surface area contributed by atoms with Gasteiger partial charge < -0.3 is 9.64 Å². The van der Waals surface area contributed by atoms with Crippen molar-refractivity contribution in [2.75, 3.05) is 44.3 Å². The summed E-state index contributed by atoms with van der Waals surface area (Å²) in [5.74, 6) is -0.845. The molecule has 2 heterocycles. The monoisotopic (exact) mass is 421 g/mol. The number of imide groups is 1. The molecule has 7 nitrogen and oxygen atoms in total. The highest BCUT2D eigenvalue weighted by atomic mass is 16.5. The fraction of sp³-hybridized carbons (Fsp3) is 0.375. The van der Waals surface area contributed by atoms with Crippen LogP contribution in [0.1, 0.15) is 22.3 Å². The molecule has 0 aromatic heterocycles. The van der Waals surface area contributed by atoms with Crippen LogP contribution in [0.15, 0.2) is 54.6 Å². The third-order valence-electron chi connectivity index (χ3n) is 5.91. The first-order valence-corrected chi connectivity index (χ1v) is 10.6. The Morgan fingerprint density at radius 1 is 1.03 bits per heavy atom. The lowest BCUT2D eigenvalue weighted by Gasteiger charge is -2.32. The molecule has 2 aromatic carbocycles. The van der Waals surface area contributed by atoms with Gasteiger partial charge in [0.2, 0.25) is 5.91 Å². The molecular formula is C24H27N3O4. The molecule has 0 radical (unpaired) electrons. The van der Waals surface area contributed by atoms with Crippen molar-refractivity contribution < 1.29 is 19.1 Å². The van der Waals surface area contributed by atoms with Crippen LogP contribution >= 0.6 is 0 Å². The van der Waals surface area contributed by atoms with Crippen LogP contribution in [-0.2, 0) is 14.3 Å². The van der Waals surface area contributed by atoms with Crippen molar-refractivity contribution in [3.63, 3.8) is 0 Å². The smallest absolute Gasteiger partial charge is 0.257 e. The van der Waals surface area contributed by atoms with Crippen LogP contribution in [0.4, 0.5) is 5.69 Å². The molecule has 2 aromatic rings. The fourth-order valence-electron chi connectivity index (χ4n) is 4.15. The molecule has 31 heavy (non-hydrogen) atoms. The van der Waals surface area contributed by atoms with Crippen LogP contribution in [0.25, 0.3) is 0 Å². The van der Waals surface area contributed by atoms with E-state index >= 15 is 0 Å². The summed E-state index contributed by atoms with van der Waals surface area (Å²) in [5.41, 5.74) is 1.94. The quantitative estimate of drug-likeness (QED) is 0.668. The first kappa shape index (κ1) is 21.2. The molecule has 2 fully saturated rings. The van der Waals surface area contributed by atoms with Crippen LogP contribution in [0, 0.1) is 6.92 Å². The van der Waals surface area contributed by atoms with Gasteiger partial charge in [0.05, 0.1) is 25.3 Å². The number of benzene rings is 2. The molecule has 1 atom stereocenters. The molecule has 0 bridgehead atoms. The van der Waals surface area contributed by atoms with E-state index in [9.17, 15) is 14.4 Å². The summed E-state index contributed by atoms with van der Waals surface area (Å²) in [7, 11) is 0. The molecular weight excluding hydrogens is 394 g/mol. The average Bonchev–Trinajstić information content (AvgIpc) is 3.09. The van der Waals surface area contributed by atoms with Gasteiger partial charge in [0.15, 0.2) is 0 Å². The summed E-state index contributed by atoms with van der Waals surface area (Å²) in [6, 6.07) is 15.4. The van der Waals surface area contributed by atoms with Crippen molar-refractivity contribution in [1.29, 1.82) is 0 Å². The molecule has 4 rings (SSSR count). The molecule has 162 valence electrons. The number of rotatable bonds is 6. The second kappa shape index (κ2) is 9.41. The van der Waals surface area contributed by atoms with Gasteiger partial charge >= 0.3 is 0 Å². The normalized spacial score (nSPS) is 19.6. The van der Waals surface area contributed by atoms with E-state index in [2.05, 4.69) is 4.90 Å². The third-order valence-corrected chi connectivity index (χ3v) is 5.91. The predicted molar refractivity (Wildman–Crippen MR) is 117 cm³/mol. The average molecular weight is 421 g/mol. The maximum absolute atomic E-state index is 13.5. The summed E-state index contributed by atoms with van der Waals surface area (Å²) >= 11 is 0. The van der Waals surface area contributed by atoms with Crippen molar-refractivity contribution in [3.8, 4) is 0 Å². The number of nitrogens with zero attached hydrogens (tertiary/aromatic N) is 3. The Kier molecular flexibility index (Phi) is 6.44. The van der Waals surface area contributed by atoms with Crippen molar-refractivity contribution in [1.82, 2.24) is 9.80 Å². The van der Waals surface area contributed by atoms with E-state index in [4.69, 9.17) is 4.74 Å². The molecule has 2 aliphatic heterocycles. The highest BCUT2D eigenvalue weighted by Crippen LogP contribution is 2.27. The number of anilines is 1. The predicted octanol–water partition coefficient (Wildman–Crippen LogP) is 2.10. The van der Waals surface area contributed by atoms with E-state index in [-0.39, 0.29) is 24.1 Å². The highest BCUT2D eigenvalue weighted by molar-refractivity contribution is 6.23. The van der Waals surface area contributed by atoms with Crippen LogP contribution < -0.4 is 4.90 Å². The van der Waals surface area contributed by atoms with Crippen molar-refractivity contribution >= 4 is 23.4 Å². The van der Waals surface area contributed by atoms with Gasteiger partial charge in [-0.3, -0.25) is 19.3 Å². The molecule has 0 spiro atoms. The van der Waals surface area contributed by atoms with E-state index in [0.717, 1.165) is 18.7 Å². The zero-order valence-corrected chi connectivity index (χ0v) is 17.7. The van der Waals surface area contributed by atoms with Crippen molar-refractivity contribution in [3.05, 3.63) is 65.7 Å². The SMILES string of the molecule is Cc1ccccc1C(=O)N(CCN1CCOCC1)C1CC(=O)N(c2ccccc2)C1=O. The first-order chi connectivity index (χ1) is 15.1. The van der Waals surface area contributed by atoms with E-state index < -0.39 is 6.04 Å². The second-order valence-electron chi connectivity index (χ2n) is 7.89. The van der Waals surface area contributed by atoms with Crippen LogP contribution in [0.5, 0.6) is 0 Å². The van der Waals surface area contributed by atoms with Gasteiger partial charge in [0.1, 0.15) is 6.04 Å². The van der Waals surface area contributed by atoms with Crippen molar-refractivity contribution in [2.24, 2.45) is 0 Å². The Hall–Kier alpha value is -3.03.